The maximum absolute atomic E-state index is 14.3. The van der Waals surface area contributed by atoms with E-state index in [0.717, 1.165) is 6.07 Å². The van der Waals surface area contributed by atoms with Gasteiger partial charge in [0.2, 0.25) is 10.0 Å². The molecule has 1 aliphatic rings. The summed E-state index contributed by atoms with van der Waals surface area (Å²) in [6.45, 7) is -0.880. The van der Waals surface area contributed by atoms with Crippen LogP contribution in [0.25, 0.3) is 0 Å². The zero-order chi connectivity index (χ0) is 25.5. The van der Waals surface area contributed by atoms with Crippen molar-refractivity contribution in [3.8, 4) is 0 Å². The molecule has 0 saturated carbocycles. The van der Waals surface area contributed by atoms with Gasteiger partial charge in [0.15, 0.2) is 5.54 Å². The summed E-state index contributed by atoms with van der Waals surface area (Å²) in [6.07, 6.45) is -10.5. The number of fused-ring (bicyclic) bond motifs is 1. The largest absolute Gasteiger partial charge is 0.492 e. The van der Waals surface area contributed by atoms with Crippen LogP contribution in [0.2, 0.25) is 0 Å². The van der Waals surface area contributed by atoms with Crippen molar-refractivity contribution in [1.29, 1.82) is 0 Å². The van der Waals surface area contributed by atoms with Crippen molar-refractivity contribution < 1.29 is 44.4 Å². The fourth-order valence-electron chi connectivity index (χ4n) is 3.44. The number of amidine groups is 1. The molecule has 7 nitrogen and oxygen atoms in total. The zero-order valence-corrected chi connectivity index (χ0v) is 18.1. The van der Waals surface area contributed by atoms with E-state index in [1.807, 2.05) is 0 Å². The van der Waals surface area contributed by atoms with Gasteiger partial charge in [-0.25, -0.2) is 18.2 Å². The first-order chi connectivity index (χ1) is 15.5. The number of carbonyl (C=O) groups is 1. The molecule has 0 aromatic heterocycles. The van der Waals surface area contributed by atoms with Crippen LogP contribution in [0, 0.1) is 0 Å². The van der Waals surface area contributed by atoms with E-state index in [9.17, 15) is 39.6 Å². The maximum Gasteiger partial charge on any atom is 0.492 e. The van der Waals surface area contributed by atoms with Crippen LogP contribution in [0.5, 0.6) is 0 Å². The number of hydrogen-bond acceptors (Lipinski definition) is 6. The van der Waals surface area contributed by atoms with Crippen LogP contribution in [-0.2, 0) is 38.2 Å². The highest BCUT2D eigenvalue weighted by Crippen LogP contribution is 2.47. The van der Waals surface area contributed by atoms with Crippen molar-refractivity contribution in [3.05, 3.63) is 70.8 Å². The summed E-state index contributed by atoms with van der Waals surface area (Å²) in [5.41, 5.74) is 3.06. The average Bonchev–Trinajstić information content (AvgIpc) is 2.71. The van der Waals surface area contributed by atoms with Gasteiger partial charge in [-0.3, -0.25) is 0 Å². The first-order valence-electron chi connectivity index (χ1n) is 9.41. The van der Waals surface area contributed by atoms with E-state index in [1.165, 1.54) is 42.5 Å². The molecule has 0 bridgehead atoms. The predicted molar refractivity (Wildman–Crippen MR) is 108 cm³/mol. The standard InChI is InChI=1S/C20H17F6N3O4S/c1-34(31,32)29(33-17(30)19(21,22)23)11-12-7-8-15-13(9-12)10-18(20(24,25)26,28-16(15)27)14-5-3-2-4-6-14/h2-9H,10-11H2,1H3,(H2,27,28). The lowest BCUT2D eigenvalue weighted by atomic mass is 9.79. The molecule has 184 valence electrons. The van der Waals surface area contributed by atoms with Crippen molar-refractivity contribution in [2.24, 2.45) is 10.7 Å². The van der Waals surface area contributed by atoms with Gasteiger partial charge in [0.1, 0.15) is 5.84 Å². The second kappa shape index (κ2) is 8.58. The van der Waals surface area contributed by atoms with Crippen molar-refractivity contribution in [2.75, 3.05) is 6.26 Å². The van der Waals surface area contributed by atoms with Gasteiger partial charge < -0.3 is 10.6 Å². The molecule has 2 N–H and O–H groups in total. The summed E-state index contributed by atoms with van der Waals surface area (Å²) in [6, 6.07) is 10.4. The predicted octanol–water partition coefficient (Wildman–Crippen LogP) is 3.19. The SMILES string of the molecule is CS(=O)(=O)N(Cc1ccc2c(c1)CC(c1ccccc1)(C(F)(F)F)N=C2N)OC(=O)C(F)(F)F. The van der Waals surface area contributed by atoms with E-state index < -0.39 is 52.7 Å². The third-order valence-corrected chi connectivity index (χ3v) is 5.96. The van der Waals surface area contributed by atoms with Crippen LogP contribution in [-0.4, -0.2) is 43.3 Å². The number of benzene rings is 2. The fraction of sp³-hybridized carbons (Fsp3) is 0.300. The molecule has 0 fully saturated rings. The molecule has 34 heavy (non-hydrogen) atoms. The smallest absolute Gasteiger partial charge is 0.383 e. The number of sulfonamides is 1. The molecule has 0 aliphatic carbocycles. The van der Waals surface area contributed by atoms with Crippen molar-refractivity contribution in [1.82, 2.24) is 4.47 Å². The summed E-state index contributed by atoms with van der Waals surface area (Å²) >= 11 is 0. The molecule has 3 rings (SSSR count). The van der Waals surface area contributed by atoms with E-state index in [0.29, 0.717) is 6.26 Å². The number of hydroxylamine groups is 1. The average molecular weight is 509 g/mol. The summed E-state index contributed by atoms with van der Waals surface area (Å²) < 4.78 is 104. The molecule has 1 unspecified atom stereocenters. The minimum atomic E-state index is -5.47. The summed E-state index contributed by atoms with van der Waals surface area (Å²) in [4.78, 5) is 18.9. The number of rotatable bonds is 5. The Balaban J connectivity index is 2.02. The Kier molecular flexibility index (Phi) is 6.43. The van der Waals surface area contributed by atoms with Gasteiger partial charge in [0, 0.05) is 12.0 Å². The Morgan fingerprint density at radius 3 is 2.26 bits per heavy atom. The van der Waals surface area contributed by atoms with Crippen LogP contribution in [0.1, 0.15) is 22.3 Å². The minimum Gasteiger partial charge on any atom is -0.383 e. The molecule has 14 heteroatoms. The summed E-state index contributed by atoms with van der Waals surface area (Å²) in [5.74, 6) is -3.19. The summed E-state index contributed by atoms with van der Waals surface area (Å²) in [7, 11) is -4.48. The molecular formula is C20H17F6N3O4S. The molecular weight excluding hydrogens is 492 g/mol. The number of alkyl halides is 6. The van der Waals surface area contributed by atoms with E-state index in [4.69, 9.17) is 5.73 Å². The highest BCUT2D eigenvalue weighted by molar-refractivity contribution is 7.88. The Bertz CT molecular complexity index is 1230. The van der Waals surface area contributed by atoms with Crippen LogP contribution in [0.4, 0.5) is 26.3 Å². The molecule has 2 aromatic rings. The fourth-order valence-corrected chi connectivity index (χ4v) is 4.03. The Labute approximate surface area is 189 Å². The van der Waals surface area contributed by atoms with Crippen LogP contribution in [0.3, 0.4) is 0 Å². The number of nitrogens with two attached hydrogens (primary N) is 1. The zero-order valence-electron chi connectivity index (χ0n) is 17.3. The van der Waals surface area contributed by atoms with Crippen molar-refractivity contribution >= 4 is 21.8 Å². The van der Waals surface area contributed by atoms with E-state index in [1.54, 1.807) is 0 Å². The third-order valence-electron chi connectivity index (χ3n) is 5.02. The molecule has 0 amide bonds. The van der Waals surface area contributed by atoms with Crippen LogP contribution >= 0.6 is 0 Å². The van der Waals surface area contributed by atoms with E-state index in [2.05, 4.69) is 9.83 Å². The van der Waals surface area contributed by atoms with Gasteiger partial charge in [-0.1, -0.05) is 48.5 Å². The number of halogens is 6. The topological polar surface area (TPSA) is 102 Å². The lowest BCUT2D eigenvalue weighted by molar-refractivity contribution is -0.223. The monoisotopic (exact) mass is 509 g/mol. The van der Waals surface area contributed by atoms with E-state index in [-0.39, 0.29) is 26.7 Å². The molecule has 0 radical (unpaired) electrons. The minimum absolute atomic E-state index is 0.0294. The number of hydrogen-bond donors (Lipinski definition) is 1. The Morgan fingerprint density at radius 1 is 1.12 bits per heavy atom. The van der Waals surface area contributed by atoms with Gasteiger partial charge in [0.25, 0.3) is 0 Å². The first kappa shape index (κ1) is 25.5. The van der Waals surface area contributed by atoms with Gasteiger partial charge in [-0.15, -0.1) is 0 Å². The normalized spacial score (nSPS) is 18.9. The lowest BCUT2D eigenvalue weighted by Crippen LogP contribution is -2.47. The van der Waals surface area contributed by atoms with Crippen molar-refractivity contribution in [3.63, 3.8) is 0 Å². The number of carbonyl (C=O) groups excluding carboxylic acids is 1. The lowest BCUT2D eigenvalue weighted by Gasteiger charge is -2.36. The molecule has 1 heterocycles. The van der Waals surface area contributed by atoms with Gasteiger partial charge in [0.05, 0.1) is 12.8 Å². The van der Waals surface area contributed by atoms with Crippen LogP contribution < -0.4 is 5.73 Å². The molecule has 0 spiro atoms. The molecule has 1 aliphatic heterocycles. The second-order valence-corrected chi connectivity index (χ2v) is 9.36. The highest BCUT2D eigenvalue weighted by Gasteiger charge is 2.58. The Hall–Kier alpha value is -3.13. The first-order valence-corrected chi connectivity index (χ1v) is 11.3. The van der Waals surface area contributed by atoms with Gasteiger partial charge >= 0.3 is 18.3 Å². The quantitative estimate of drug-likeness (QED) is 0.493. The van der Waals surface area contributed by atoms with Gasteiger partial charge in [-0.2, -0.15) is 26.3 Å². The number of nitrogens with zero attached hydrogens (tertiary/aromatic N) is 2. The second-order valence-electron chi connectivity index (χ2n) is 7.49. The maximum atomic E-state index is 14.3. The highest BCUT2D eigenvalue weighted by atomic mass is 32.2. The number of aliphatic imine (C=N–C) groups is 1. The molecule has 2 aromatic carbocycles. The van der Waals surface area contributed by atoms with E-state index >= 15 is 0 Å². The third kappa shape index (κ3) is 5.01. The molecule has 1 atom stereocenters. The Morgan fingerprint density at radius 2 is 1.74 bits per heavy atom. The molecule has 0 saturated heterocycles. The van der Waals surface area contributed by atoms with Crippen LogP contribution in [0.15, 0.2) is 53.5 Å². The summed E-state index contributed by atoms with van der Waals surface area (Å²) in [5, 5.41) is 0. The van der Waals surface area contributed by atoms with Crippen molar-refractivity contribution in [2.45, 2.75) is 30.9 Å². The van der Waals surface area contributed by atoms with Gasteiger partial charge in [-0.05, 0) is 21.2 Å².